The molecule has 4 aromatic heterocycles. The van der Waals surface area contributed by atoms with Crippen molar-refractivity contribution < 1.29 is 20.4 Å². The van der Waals surface area contributed by atoms with Gasteiger partial charge in [0.25, 0.3) is 0 Å². The van der Waals surface area contributed by atoms with Crippen molar-refractivity contribution >= 4 is 5.82 Å². The third kappa shape index (κ3) is 3.90. The summed E-state index contributed by atoms with van der Waals surface area (Å²) in [5.74, 6) is 1.40. The molecule has 0 N–H and O–H groups in total. The van der Waals surface area contributed by atoms with Crippen LogP contribution in [0.2, 0.25) is 0 Å². The molecule has 8 nitrogen and oxygen atoms in total. The van der Waals surface area contributed by atoms with Crippen molar-refractivity contribution in [3.05, 3.63) is 89.4 Å². The topological polar surface area (TPSA) is 89.6 Å². The van der Waals surface area contributed by atoms with Crippen molar-refractivity contribution in [1.82, 2.24) is 29.5 Å². The van der Waals surface area contributed by atoms with E-state index in [-0.39, 0.29) is 31.9 Å². The van der Waals surface area contributed by atoms with Gasteiger partial charge in [0.2, 0.25) is 0 Å². The number of hydrogen-bond acceptors (Lipinski definition) is 5. The third-order valence-corrected chi connectivity index (χ3v) is 4.46. The zero-order valence-electron chi connectivity index (χ0n) is 16.0. The fourth-order valence-corrected chi connectivity index (χ4v) is 2.82. The van der Waals surface area contributed by atoms with E-state index in [2.05, 4.69) is 27.4 Å². The zero-order chi connectivity index (χ0) is 20.4. The Labute approximate surface area is 187 Å². The number of rotatable bonds is 4. The summed E-state index contributed by atoms with van der Waals surface area (Å²) in [6.07, 6.45) is 5.80. The van der Waals surface area contributed by atoms with Gasteiger partial charge in [-0.3, -0.25) is 9.97 Å². The predicted octanol–water partition coefficient (Wildman–Crippen LogP) is 3.19. The molecule has 0 aliphatic heterocycles. The fraction of sp³-hybridized carbons (Fsp3) is 0.143. The molecule has 0 spiro atoms. The van der Waals surface area contributed by atoms with Gasteiger partial charge in [0, 0.05) is 16.8 Å². The van der Waals surface area contributed by atoms with Crippen molar-refractivity contribution in [2.75, 3.05) is 0 Å². The van der Waals surface area contributed by atoms with Crippen molar-refractivity contribution in [2.24, 2.45) is 0 Å². The smallest absolute Gasteiger partial charge is 0.342 e. The number of pyridine rings is 2. The van der Waals surface area contributed by atoms with Crippen LogP contribution in [0.3, 0.4) is 0 Å². The van der Waals surface area contributed by atoms with Gasteiger partial charge in [0.1, 0.15) is 0 Å². The average molecular weight is 485 g/mol. The Morgan fingerprint density at radius 2 is 1.53 bits per heavy atom. The van der Waals surface area contributed by atoms with Crippen molar-refractivity contribution in [3.8, 4) is 17.7 Å². The zero-order valence-corrected chi connectivity index (χ0v) is 17.6. The van der Waals surface area contributed by atoms with Crippen LogP contribution < -0.4 is 0 Å². The SMILES string of the molecule is [C-]#[N+]c1c[c-]n(-c2cccc(C(C)(C)c3cccc(-n4[c-]cc(C#N)n4)n3)n2)n1.[Pd+2]. The van der Waals surface area contributed by atoms with Crippen LogP contribution >= 0.6 is 0 Å². The van der Waals surface area contributed by atoms with Gasteiger partial charge in [-0.25, -0.2) is 15.0 Å². The van der Waals surface area contributed by atoms with E-state index in [0.29, 0.717) is 11.6 Å². The molecule has 0 aromatic carbocycles. The third-order valence-electron chi connectivity index (χ3n) is 4.46. The van der Waals surface area contributed by atoms with Gasteiger partial charge in [-0.2, -0.15) is 0 Å². The Bertz CT molecular complexity index is 1170. The quantitative estimate of drug-likeness (QED) is 0.328. The van der Waals surface area contributed by atoms with Gasteiger partial charge in [0.15, 0.2) is 0 Å². The molecule has 0 amide bonds. The normalized spacial score (nSPS) is 10.7. The summed E-state index contributed by atoms with van der Waals surface area (Å²) >= 11 is 0. The minimum atomic E-state index is -0.521. The monoisotopic (exact) mass is 484 g/mol. The van der Waals surface area contributed by atoms with Gasteiger partial charge in [-0.05, 0) is 43.3 Å². The molecule has 0 aliphatic carbocycles. The molecular weight excluding hydrogens is 471 g/mol. The molecule has 9 heteroatoms. The molecular formula is C21H14N8Pd. The molecule has 0 saturated carbocycles. The minimum Gasteiger partial charge on any atom is -0.342 e. The second-order valence-corrected chi connectivity index (χ2v) is 6.72. The van der Waals surface area contributed by atoms with Crippen LogP contribution in [-0.2, 0) is 25.8 Å². The molecule has 0 saturated heterocycles. The predicted molar refractivity (Wildman–Crippen MR) is 103 cm³/mol. The maximum absolute atomic E-state index is 8.97. The van der Waals surface area contributed by atoms with Crippen LogP contribution in [0.5, 0.6) is 0 Å². The van der Waals surface area contributed by atoms with Crippen LogP contribution in [0.4, 0.5) is 5.82 Å². The number of aromatic nitrogens is 6. The molecule has 0 unspecified atom stereocenters. The second kappa shape index (κ2) is 8.39. The van der Waals surface area contributed by atoms with E-state index in [1.165, 1.54) is 21.5 Å². The first-order valence-corrected chi connectivity index (χ1v) is 8.70. The summed E-state index contributed by atoms with van der Waals surface area (Å²) < 4.78 is 2.91. The molecule has 4 rings (SSSR count). The van der Waals surface area contributed by atoms with E-state index in [0.717, 1.165) is 11.4 Å². The van der Waals surface area contributed by atoms with Crippen LogP contribution in [0, 0.1) is 30.3 Å². The summed E-state index contributed by atoms with van der Waals surface area (Å²) in [5.41, 5.74) is 1.33. The summed E-state index contributed by atoms with van der Waals surface area (Å²) in [7, 11) is 0. The molecule has 30 heavy (non-hydrogen) atoms. The van der Waals surface area contributed by atoms with Gasteiger partial charge < -0.3 is 9.53 Å². The molecule has 0 radical (unpaired) electrons. The number of nitriles is 1. The Hall–Kier alpha value is -3.64. The first-order chi connectivity index (χ1) is 14.0. The standard InChI is InChI=1S/C21H14N8.Pd/c1-21(2,16-6-4-8-19(24-16)28-12-10-15(14-22)26-28)17-7-5-9-20(25-17)29-13-11-18(23-3)27-29;/h4-11H,1-2H3;/q-2;+2. The van der Waals surface area contributed by atoms with Crippen LogP contribution in [0.15, 0.2) is 48.5 Å². The summed E-state index contributed by atoms with van der Waals surface area (Å²) in [6.45, 7) is 11.1. The molecule has 148 valence electrons. The Balaban J connectivity index is 0.00000256. The van der Waals surface area contributed by atoms with Crippen molar-refractivity contribution in [3.63, 3.8) is 0 Å². The van der Waals surface area contributed by atoms with E-state index < -0.39 is 5.41 Å². The summed E-state index contributed by atoms with van der Waals surface area (Å²) in [4.78, 5) is 12.7. The first kappa shape index (κ1) is 21.1. The Morgan fingerprint density at radius 3 is 2.03 bits per heavy atom. The Kier molecular flexibility index (Phi) is 5.89. The van der Waals surface area contributed by atoms with Crippen molar-refractivity contribution in [1.29, 1.82) is 5.26 Å². The summed E-state index contributed by atoms with van der Waals surface area (Å²) in [5, 5.41) is 17.3. The van der Waals surface area contributed by atoms with Crippen LogP contribution in [-0.4, -0.2) is 29.5 Å². The average Bonchev–Trinajstić information content (AvgIpc) is 3.43. The first-order valence-electron chi connectivity index (χ1n) is 8.70. The molecule has 4 aromatic rings. The summed E-state index contributed by atoms with van der Waals surface area (Å²) in [6, 6.07) is 16.2. The largest absolute Gasteiger partial charge is 2.00 e. The van der Waals surface area contributed by atoms with E-state index >= 15 is 0 Å². The van der Waals surface area contributed by atoms with Crippen LogP contribution in [0.1, 0.15) is 30.9 Å². The Morgan fingerprint density at radius 1 is 0.967 bits per heavy atom. The molecule has 0 atom stereocenters. The van der Waals surface area contributed by atoms with Gasteiger partial charge in [-0.1, -0.05) is 37.0 Å². The van der Waals surface area contributed by atoms with Gasteiger partial charge >= 0.3 is 26.2 Å². The maximum Gasteiger partial charge on any atom is 2.00 e. The molecule has 0 fully saturated rings. The minimum absolute atomic E-state index is 0. The second-order valence-electron chi connectivity index (χ2n) is 6.72. The van der Waals surface area contributed by atoms with Gasteiger partial charge in [-0.15, -0.1) is 6.07 Å². The fourth-order valence-electron chi connectivity index (χ4n) is 2.82. The van der Waals surface area contributed by atoms with Crippen LogP contribution in [0.25, 0.3) is 16.5 Å². The van der Waals surface area contributed by atoms with E-state index in [9.17, 15) is 0 Å². The maximum atomic E-state index is 8.97. The molecule has 0 aliphatic rings. The van der Waals surface area contributed by atoms with E-state index in [1.807, 2.05) is 50.2 Å². The van der Waals surface area contributed by atoms with E-state index in [4.69, 9.17) is 21.8 Å². The van der Waals surface area contributed by atoms with Crippen molar-refractivity contribution in [2.45, 2.75) is 19.3 Å². The molecule has 4 heterocycles. The number of nitrogens with zero attached hydrogens (tertiary/aromatic N) is 8. The van der Waals surface area contributed by atoms with E-state index in [1.54, 1.807) is 6.07 Å². The molecule has 0 bridgehead atoms. The number of hydrogen-bond donors (Lipinski definition) is 0. The van der Waals surface area contributed by atoms with Gasteiger partial charge in [0.05, 0.1) is 23.4 Å².